The van der Waals surface area contributed by atoms with Crippen molar-refractivity contribution in [1.82, 2.24) is 0 Å². The molecule has 0 aromatic heterocycles. The SMILES string of the molecule is [N-]=[N+]=NCCCCCCOc1ccc(C(=O)c2ccc(OCCCCCCN=[N+]=[N-])cc2)cc1. The molecule has 0 atom stereocenters. The molecule has 180 valence electrons. The molecule has 34 heavy (non-hydrogen) atoms. The molecule has 0 saturated carbocycles. The Kier molecular flexibility index (Phi) is 13.2. The lowest BCUT2D eigenvalue weighted by Crippen LogP contribution is -2.03. The molecular formula is C25H32N6O3. The summed E-state index contributed by atoms with van der Waals surface area (Å²) < 4.78 is 11.5. The molecule has 0 aliphatic rings. The Balaban J connectivity index is 1.67. The van der Waals surface area contributed by atoms with E-state index >= 15 is 0 Å². The van der Waals surface area contributed by atoms with Crippen LogP contribution < -0.4 is 9.47 Å². The van der Waals surface area contributed by atoms with E-state index in [2.05, 4.69) is 20.1 Å². The molecular weight excluding hydrogens is 432 g/mol. The minimum Gasteiger partial charge on any atom is -0.494 e. The molecule has 0 heterocycles. The van der Waals surface area contributed by atoms with Gasteiger partial charge in [-0.1, -0.05) is 35.9 Å². The molecule has 2 aromatic carbocycles. The van der Waals surface area contributed by atoms with Crippen LogP contribution in [0, 0.1) is 0 Å². The van der Waals surface area contributed by atoms with Gasteiger partial charge in [-0.05, 0) is 85.3 Å². The topological polar surface area (TPSA) is 133 Å². The molecule has 0 radical (unpaired) electrons. The van der Waals surface area contributed by atoms with Gasteiger partial charge in [-0.2, -0.15) is 0 Å². The fraction of sp³-hybridized carbons (Fsp3) is 0.480. The number of azide groups is 2. The number of nitrogens with zero attached hydrogens (tertiary/aromatic N) is 6. The number of unbranched alkanes of at least 4 members (excludes halogenated alkanes) is 6. The maximum atomic E-state index is 12.7. The zero-order valence-electron chi connectivity index (χ0n) is 19.5. The maximum absolute atomic E-state index is 12.7. The maximum Gasteiger partial charge on any atom is 0.193 e. The molecule has 0 saturated heterocycles. The van der Waals surface area contributed by atoms with Crippen LogP contribution in [-0.2, 0) is 0 Å². The molecule has 9 nitrogen and oxygen atoms in total. The molecule has 9 heteroatoms. The van der Waals surface area contributed by atoms with E-state index in [1.807, 2.05) is 24.3 Å². The molecule has 0 aliphatic heterocycles. The summed E-state index contributed by atoms with van der Waals surface area (Å²) in [5.74, 6) is 1.44. The normalized spacial score (nSPS) is 10.1. The lowest BCUT2D eigenvalue weighted by molar-refractivity contribution is 0.103. The monoisotopic (exact) mass is 464 g/mol. The van der Waals surface area contributed by atoms with E-state index in [0.717, 1.165) is 62.9 Å². The van der Waals surface area contributed by atoms with E-state index in [4.69, 9.17) is 20.5 Å². The molecule has 0 amide bonds. The Morgan fingerprint density at radius 1 is 0.618 bits per heavy atom. The fourth-order valence-electron chi connectivity index (χ4n) is 3.32. The van der Waals surface area contributed by atoms with Crippen molar-refractivity contribution < 1.29 is 14.3 Å². The Morgan fingerprint density at radius 3 is 1.38 bits per heavy atom. The van der Waals surface area contributed by atoms with Crippen LogP contribution in [0.25, 0.3) is 20.9 Å². The Morgan fingerprint density at radius 2 is 1.00 bits per heavy atom. The molecule has 0 unspecified atom stereocenters. The number of hydrogen-bond donors (Lipinski definition) is 0. The first-order valence-corrected chi connectivity index (χ1v) is 11.8. The van der Waals surface area contributed by atoms with Gasteiger partial charge < -0.3 is 9.47 Å². The number of benzene rings is 2. The third-order valence-corrected chi connectivity index (χ3v) is 5.20. The molecule has 0 N–H and O–H groups in total. The summed E-state index contributed by atoms with van der Waals surface area (Å²) in [6.45, 7) is 2.33. The lowest BCUT2D eigenvalue weighted by Gasteiger charge is -2.08. The molecule has 0 aliphatic carbocycles. The predicted octanol–water partition coefficient (Wildman–Crippen LogP) is 7.42. The summed E-state index contributed by atoms with van der Waals surface area (Å²) >= 11 is 0. The predicted molar refractivity (Wildman–Crippen MR) is 132 cm³/mol. The second-order valence-electron chi connectivity index (χ2n) is 7.81. The smallest absolute Gasteiger partial charge is 0.193 e. The van der Waals surface area contributed by atoms with Gasteiger partial charge in [0.05, 0.1) is 13.2 Å². The van der Waals surface area contributed by atoms with Gasteiger partial charge >= 0.3 is 0 Å². The van der Waals surface area contributed by atoms with Crippen LogP contribution in [0.2, 0.25) is 0 Å². The summed E-state index contributed by atoms with van der Waals surface area (Å²) in [6, 6.07) is 14.4. The highest BCUT2D eigenvalue weighted by Crippen LogP contribution is 2.19. The summed E-state index contributed by atoms with van der Waals surface area (Å²) in [5, 5.41) is 7.04. The van der Waals surface area contributed by atoms with E-state index in [9.17, 15) is 4.79 Å². The van der Waals surface area contributed by atoms with E-state index in [0.29, 0.717) is 37.4 Å². The van der Waals surface area contributed by atoms with Gasteiger partial charge in [0.1, 0.15) is 11.5 Å². The first-order chi connectivity index (χ1) is 16.7. The molecule has 0 bridgehead atoms. The zero-order valence-corrected chi connectivity index (χ0v) is 19.5. The van der Waals surface area contributed by atoms with Crippen LogP contribution >= 0.6 is 0 Å². The fourth-order valence-corrected chi connectivity index (χ4v) is 3.32. The van der Waals surface area contributed by atoms with Gasteiger partial charge in [0.15, 0.2) is 5.78 Å². The average Bonchev–Trinajstić information content (AvgIpc) is 2.87. The summed E-state index contributed by atoms with van der Waals surface area (Å²) in [4.78, 5) is 18.2. The van der Waals surface area contributed by atoms with Gasteiger partial charge in [-0.15, -0.1) is 0 Å². The van der Waals surface area contributed by atoms with Crippen molar-refractivity contribution in [3.63, 3.8) is 0 Å². The highest BCUT2D eigenvalue weighted by molar-refractivity contribution is 6.09. The summed E-state index contributed by atoms with van der Waals surface area (Å²) in [7, 11) is 0. The van der Waals surface area contributed by atoms with E-state index in [-0.39, 0.29) is 5.78 Å². The second-order valence-corrected chi connectivity index (χ2v) is 7.81. The van der Waals surface area contributed by atoms with Gasteiger partial charge in [-0.25, -0.2) is 0 Å². The zero-order chi connectivity index (χ0) is 24.3. The Bertz CT molecular complexity index is 872. The molecule has 0 fully saturated rings. The number of carbonyl (C=O) groups is 1. The van der Waals surface area contributed by atoms with Crippen LogP contribution in [0.3, 0.4) is 0 Å². The van der Waals surface area contributed by atoms with Crippen molar-refractivity contribution in [3.05, 3.63) is 80.5 Å². The highest BCUT2D eigenvalue weighted by Gasteiger charge is 2.09. The van der Waals surface area contributed by atoms with E-state index < -0.39 is 0 Å². The number of carbonyl (C=O) groups excluding carboxylic acids is 1. The third kappa shape index (κ3) is 10.8. The summed E-state index contributed by atoms with van der Waals surface area (Å²) in [6.07, 6.45) is 7.74. The van der Waals surface area contributed by atoms with Gasteiger partial charge in [-0.3, -0.25) is 4.79 Å². The van der Waals surface area contributed by atoms with Crippen LogP contribution in [0.1, 0.15) is 67.3 Å². The number of rotatable bonds is 18. The Hall–Kier alpha value is -3.67. The van der Waals surface area contributed by atoms with Crippen LogP contribution in [0.4, 0.5) is 0 Å². The van der Waals surface area contributed by atoms with Gasteiger partial charge in [0.25, 0.3) is 0 Å². The van der Waals surface area contributed by atoms with Crippen molar-refractivity contribution in [2.75, 3.05) is 26.3 Å². The standard InChI is InChI=1S/C25H32N6O3/c26-30-28-17-5-1-3-7-19-33-23-13-9-21(10-14-23)25(32)22-11-15-24(16-12-22)34-20-8-4-2-6-18-29-31-27/h9-16H,1-8,17-20H2. The first kappa shape index (κ1) is 26.6. The number of hydrogen-bond acceptors (Lipinski definition) is 5. The minimum atomic E-state index is -0.0434. The second kappa shape index (κ2) is 16.9. The van der Waals surface area contributed by atoms with Crippen molar-refractivity contribution in [2.24, 2.45) is 10.2 Å². The molecule has 2 rings (SSSR count). The quantitative estimate of drug-likeness (QED) is 0.0747. The Labute approximate surface area is 200 Å². The molecule has 0 spiro atoms. The number of ether oxygens (including phenoxy) is 2. The van der Waals surface area contributed by atoms with Gasteiger partial charge in [0, 0.05) is 34.0 Å². The summed E-state index contributed by atoms with van der Waals surface area (Å²) in [5.41, 5.74) is 17.7. The van der Waals surface area contributed by atoms with Crippen molar-refractivity contribution >= 4 is 5.78 Å². The highest BCUT2D eigenvalue weighted by atomic mass is 16.5. The van der Waals surface area contributed by atoms with Crippen LogP contribution in [0.5, 0.6) is 11.5 Å². The first-order valence-electron chi connectivity index (χ1n) is 11.8. The van der Waals surface area contributed by atoms with E-state index in [1.54, 1.807) is 24.3 Å². The van der Waals surface area contributed by atoms with Crippen molar-refractivity contribution in [2.45, 2.75) is 51.4 Å². The molecule has 2 aromatic rings. The number of ketones is 1. The van der Waals surface area contributed by atoms with Crippen molar-refractivity contribution in [3.8, 4) is 11.5 Å². The van der Waals surface area contributed by atoms with Crippen LogP contribution in [-0.4, -0.2) is 32.1 Å². The van der Waals surface area contributed by atoms with Crippen LogP contribution in [0.15, 0.2) is 58.8 Å². The lowest BCUT2D eigenvalue weighted by atomic mass is 10.0. The largest absolute Gasteiger partial charge is 0.494 e. The van der Waals surface area contributed by atoms with Crippen molar-refractivity contribution in [1.29, 1.82) is 0 Å². The average molecular weight is 465 g/mol. The van der Waals surface area contributed by atoms with Gasteiger partial charge in [0.2, 0.25) is 0 Å². The minimum absolute atomic E-state index is 0.0434. The third-order valence-electron chi connectivity index (χ3n) is 5.20. The van der Waals surface area contributed by atoms with E-state index in [1.165, 1.54) is 0 Å².